The molecule has 43 heavy (non-hydrogen) atoms. The summed E-state index contributed by atoms with van der Waals surface area (Å²) < 4.78 is 24.7. The van der Waals surface area contributed by atoms with Crippen LogP contribution in [0.3, 0.4) is 0 Å². The highest BCUT2D eigenvalue weighted by atomic mass is 19.1. The molecule has 0 aromatic heterocycles. The fourth-order valence-corrected chi connectivity index (χ4v) is 4.59. The lowest BCUT2D eigenvalue weighted by Crippen LogP contribution is -2.50. The van der Waals surface area contributed by atoms with Gasteiger partial charge < -0.3 is 40.3 Å². The van der Waals surface area contributed by atoms with Crippen LogP contribution >= 0.6 is 0 Å². The number of halogens is 1. The Morgan fingerprint density at radius 3 is 2.30 bits per heavy atom. The quantitative estimate of drug-likeness (QED) is 0.295. The van der Waals surface area contributed by atoms with Crippen LogP contribution in [0.5, 0.6) is 11.5 Å². The number of benzene rings is 3. The van der Waals surface area contributed by atoms with Crippen molar-refractivity contribution in [2.45, 2.75) is 26.0 Å². The van der Waals surface area contributed by atoms with E-state index in [1.807, 2.05) is 6.92 Å². The van der Waals surface area contributed by atoms with Crippen LogP contribution in [-0.4, -0.2) is 78.9 Å². The summed E-state index contributed by atoms with van der Waals surface area (Å²) in [6, 6.07) is 15.6. The molecule has 0 unspecified atom stereocenters. The lowest BCUT2D eigenvalue weighted by molar-refractivity contribution is 0.0371. The Morgan fingerprint density at radius 2 is 1.65 bits per heavy atom. The number of aliphatic hydroxyl groups excluding tert-OH is 1. The average molecular weight is 594 g/mol. The number of anilines is 3. The maximum Gasteiger partial charge on any atom is 0.323 e. The molecule has 3 aromatic carbocycles. The van der Waals surface area contributed by atoms with Gasteiger partial charge >= 0.3 is 12.1 Å². The number of nitrogens with zero attached hydrogens (tertiary/aromatic N) is 2. The van der Waals surface area contributed by atoms with E-state index in [2.05, 4.69) is 16.0 Å². The molecule has 0 aliphatic carbocycles. The molecule has 0 radical (unpaired) electrons. The van der Waals surface area contributed by atoms with E-state index < -0.39 is 24.0 Å². The van der Waals surface area contributed by atoms with Crippen LogP contribution in [0.1, 0.15) is 24.2 Å². The van der Waals surface area contributed by atoms with Crippen LogP contribution in [0.2, 0.25) is 0 Å². The Bertz CT molecular complexity index is 1440. The third-order valence-electron chi connectivity index (χ3n) is 7.17. The molecule has 12 heteroatoms. The Balaban J connectivity index is 1.53. The van der Waals surface area contributed by atoms with Crippen LogP contribution in [0.15, 0.2) is 66.7 Å². The van der Waals surface area contributed by atoms with Crippen molar-refractivity contribution in [3.05, 3.63) is 78.1 Å². The van der Waals surface area contributed by atoms with Gasteiger partial charge in [0.25, 0.3) is 5.91 Å². The van der Waals surface area contributed by atoms with Crippen molar-refractivity contribution < 1.29 is 33.4 Å². The maximum atomic E-state index is 13.7. The highest BCUT2D eigenvalue weighted by molar-refractivity contribution is 6.02. The number of amides is 5. The van der Waals surface area contributed by atoms with Crippen molar-refractivity contribution in [1.29, 1.82) is 0 Å². The number of methoxy groups -OCH3 is 1. The second kappa shape index (κ2) is 13.9. The molecule has 0 bridgehead atoms. The molecular weight excluding hydrogens is 557 g/mol. The van der Waals surface area contributed by atoms with Crippen LogP contribution in [0, 0.1) is 11.7 Å². The van der Waals surface area contributed by atoms with Gasteiger partial charge in [-0.15, -0.1) is 0 Å². The third kappa shape index (κ3) is 7.92. The molecule has 0 saturated carbocycles. The summed E-state index contributed by atoms with van der Waals surface area (Å²) in [6.45, 7) is 3.89. The molecule has 11 nitrogen and oxygen atoms in total. The molecule has 0 fully saturated rings. The number of aliphatic hydroxyl groups is 1. The first-order valence-electron chi connectivity index (χ1n) is 13.8. The van der Waals surface area contributed by atoms with E-state index in [0.717, 1.165) is 0 Å². The lowest BCUT2D eigenvalue weighted by atomic mass is 9.99. The molecule has 4 rings (SSSR count). The number of carbonyl (C=O) groups is 3. The van der Waals surface area contributed by atoms with Gasteiger partial charge in [0.1, 0.15) is 23.4 Å². The summed E-state index contributed by atoms with van der Waals surface area (Å²) >= 11 is 0. The first kappa shape index (κ1) is 31.1. The Kier molecular flexibility index (Phi) is 10.0. The van der Waals surface area contributed by atoms with E-state index in [0.29, 0.717) is 22.8 Å². The number of fused-ring (bicyclic) bond motifs is 1. The topological polar surface area (TPSA) is 132 Å². The van der Waals surface area contributed by atoms with Gasteiger partial charge in [0.05, 0.1) is 31.9 Å². The molecule has 3 aromatic rings. The molecular formula is C31H36FN5O6. The van der Waals surface area contributed by atoms with Crippen molar-refractivity contribution in [2.24, 2.45) is 5.92 Å². The number of hydrogen-bond donors (Lipinski definition) is 4. The van der Waals surface area contributed by atoms with Gasteiger partial charge in [-0.3, -0.25) is 4.79 Å². The fourth-order valence-electron chi connectivity index (χ4n) is 4.59. The van der Waals surface area contributed by atoms with E-state index in [-0.39, 0.29) is 48.9 Å². The SMILES string of the molecule is COc1ccc(NC(=O)N(C)C[C@H]2Oc3ccc(NC(=O)Nc4ccc(F)cc4)cc3C(=O)N([C@@H](C)CO)C[C@H]2C)cc1. The number of likely N-dealkylation sites (N-methyl/N-ethyl adjacent to an activating group) is 1. The normalized spacial score (nSPS) is 17.0. The summed E-state index contributed by atoms with van der Waals surface area (Å²) in [6.07, 6.45) is -0.507. The highest BCUT2D eigenvalue weighted by Gasteiger charge is 2.34. The molecule has 3 atom stereocenters. The lowest BCUT2D eigenvalue weighted by Gasteiger charge is -2.38. The number of hydrogen-bond acceptors (Lipinski definition) is 6. The van der Waals surface area contributed by atoms with Crippen LogP contribution < -0.4 is 25.4 Å². The number of rotatable bonds is 8. The van der Waals surface area contributed by atoms with Crippen molar-refractivity contribution in [1.82, 2.24) is 9.80 Å². The van der Waals surface area contributed by atoms with Crippen LogP contribution in [0.25, 0.3) is 0 Å². The standard InChI is InChI=1S/C31H36FN5O6/c1-19-16-37(20(2)18-38)29(39)26-15-24(34-30(40)33-22-7-5-21(32)6-8-22)11-14-27(26)43-28(19)17-36(3)31(41)35-23-9-12-25(42-4)13-10-23/h5-15,19-20,28,38H,16-18H2,1-4H3,(H,35,41)(H2,33,34,40)/t19-,20+,28-/m1/s1. The molecule has 1 aliphatic heterocycles. The van der Waals surface area contributed by atoms with Crippen LogP contribution in [0.4, 0.5) is 31.0 Å². The predicted molar refractivity (Wildman–Crippen MR) is 161 cm³/mol. The monoisotopic (exact) mass is 593 g/mol. The molecule has 0 saturated heterocycles. The highest BCUT2D eigenvalue weighted by Crippen LogP contribution is 2.31. The predicted octanol–water partition coefficient (Wildman–Crippen LogP) is 4.86. The zero-order valence-electron chi connectivity index (χ0n) is 24.5. The molecule has 5 amide bonds. The fraction of sp³-hybridized carbons (Fsp3) is 0.323. The molecule has 228 valence electrons. The molecule has 1 heterocycles. The van der Waals surface area contributed by atoms with Gasteiger partial charge in [0, 0.05) is 36.6 Å². The number of urea groups is 2. The van der Waals surface area contributed by atoms with E-state index in [1.54, 1.807) is 62.4 Å². The van der Waals surface area contributed by atoms with Crippen molar-refractivity contribution in [2.75, 3.05) is 49.8 Å². The van der Waals surface area contributed by atoms with Crippen LogP contribution in [-0.2, 0) is 0 Å². The van der Waals surface area contributed by atoms with Gasteiger partial charge in [-0.05, 0) is 73.7 Å². The average Bonchev–Trinajstić information content (AvgIpc) is 3.00. The molecule has 0 spiro atoms. The first-order valence-corrected chi connectivity index (χ1v) is 13.8. The zero-order chi connectivity index (χ0) is 31.1. The van der Waals surface area contributed by atoms with E-state index in [9.17, 15) is 23.9 Å². The largest absolute Gasteiger partial charge is 0.497 e. The first-order chi connectivity index (χ1) is 20.6. The van der Waals surface area contributed by atoms with Gasteiger partial charge in [-0.25, -0.2) is 14.0 Å². The Hall–Kier alpha value is -4.84. The minimum atomic E-state index is -0.581. The number of carbonyl (C=O) groups excluding carboxylic acids is 3. The summed E-state index contributed by atoms with van der Waals surface area (Å²) in [5, 5.41) is 18.0. The van der Waals surface area contributed by atoms with E-state index in [1.165, 1.54) is 35.2 Å². The smallest absolute Gasteiger partial charge is 0.323 e. The number of nitrogens with one attached hydrogen (secondary N) is 3. The Labute approximate surface area is 249 Å². The van der Waals surface area contributed by atoms with Gasteiger partial charge in [0.2, 0.25) is 0 Å². The third-order valence-corrected chi connectivity index (χ3v) is 7.17. The van der Waals surface area contributed by atoms with E-state index in [4.69, 9.17) is 9.47 Å². The van der Waals surface area contributed by atoms with Gasteiger partial charge in [-0.1, -0.05) is 6.92 Å². The summed E-state index contributed by atoms with van der Waals surface area (Å²) in [5.74, 6) is -0.0452. The summed E-state index contributed by atoms with van der Waals surface area (Å²) in [7, 11) is 3.22. The van der Waals surface area contributed by atoms with Crippen molar-refractivity contribution in [3.8, 4) is 11.5 Å². The second-order valence-electron chi connectivity index (χ2n) is 10.5. The molecule has 1 aliphatic rings. The van der Waals surface area contributed by atoms with Crippen molar-refractivity contribution >= 4 is 35.0 Å². The van der Waals surface area contributed by atoms with Crippen molar-refractivity contribution in [3.63, 3.8) is 0 Å². The Morgan fingerprint density at radius 1 is 1.05 bits per heavy atom. The van der Waals surface area contributed by atoms with E-state index >= 15 is 0 Å². The zero-order valence-corrected chi connectivity index (χ0v) is 24.5. The molecule has 4 N–H and O–H groups in total. The summed E-state index contributed by atoms with van der Waals surface area (Å²) in [5.41, 5.74) is 1.52. The summed E-state index contributed by atoms with van der Waals surface area (Å²) in [4.78, 5) is 42.3. The van der Waals surface area contributed by atoms with Gasteiger partial charge in [0.15, 0.2) is 0 Å². The van der Waals surface area contributed by atoms with Gasteiger partial charge in [-0.2, -0.15) is 0 Å². The maximum absolute atomic E-state index is 13.7. The minimum absolute atomic E-state index is 0.196. The minimum Gasteiger partial charge on any atom is -0.497 e. The number of ether oxygens (including phenoxy) is 2. The second-order valence-corrected chi connectivity index (χ2v) is 10.5.